The molecule has 1 radical (unpaired) electrons. The first-order chi connectivity index (χ1) is 11.8. The van der Waals surface area contributed by atoms with Crippen molar-refractivity contribution in [3.63, 3.8) is 0 Å². The Hall–Kier alpha value is -0.810. The third-order valence-corrected chi connectivity index (χ3v) is 5.10. The summed E-state index contributed by atoms with van der Waals surface area (Å²) in [6, 6.07) is 7.99. The van der Waals surface area contributed by atoms with Crippen LogP contribution in [0.4, 0.5) is 35.1 Å². The minimum absolute atomic E-state index is 0.00532. The average molecular weight is 529 g/mol. The quantitative estimate of drug-likeness (QED) is 0.289. The Morgan fingerprint density at radius 1 is 0.923 bits per heavy atom. The van der Waals surface area contributed by atoms with E-state index in [0.29, 0.717) is 0 Å². The van der Waals surface area contributed by atoms with Crippen LogP contribution in [-0.4, -0.2) is 17.4 Å². The topological polar surface area (TPSA) is 0 Å². The van der Waals surface area contributed by atoms with E-state index >= 15 is 0 Å². The summed E-state index contributed by atoms with van der Waals surface area (Å²) in [5.74, 6) is -7.02. The molecule has 0 spiro atoms. The Morgan fingerprint density at radius 2 is 1.54 bits per heavy atom. The van der Waals surface area contributed by atoms with Gasteiger partial charge in [0.15, 0.2) is 0 Å². The van der Waals surface area contributed by atoms with Crippen molar-refractivity contribution in [3.05, 3.63) is 51.2 Å². The first kappa shape index (κ1) is 21.5. The average Bonchev–Trinajstić information content (AvgIpc) is 2.44. The Balaban J connectivity index is 2.60. The van der Waals surface area contributed by atoms with Crippen LogP contribution in [0, 0.1) is 11.9 Å². The molecule has 0 aliphatic carbocycles. The highest BCUT2D eigenvalue weighted by molar-refractivity contribution is 9.11. The van der Waals surface area contributed by atoms with Gasteiger partial charge in [-0.1, -0.05) is 28.1 Å². The largest absolute Gasteiger partial charge is 0.460 e. The van der Waals surface area contributed by atoms with Crippen molar-refractivity contribution >= 4 is 43.6 Å². The minimum Gasteiger partial charge on any atom is -0.207 e. The van der Waals surface area contributed by atoms with Gasteiger partial charge in [-0.15, -0.1) is 0 Å². The van der Waals surface area contributed by atoms with Crippen LogP contribution in [0.5, 0.6) is 0 Å². The summed E-state index contributed by atoms with van der Waals surface area (Å²) >= 11 is 4.91. The smallest absolute Gasteiger partial charge is 0.207 e. The zero-order valence-corrected chi connectivity index (χ0v) is 16.1. The van der Waals surface area contributed by atoms with Crippen molar-refractivity contribution < 1.29 is 35.1 Å². The molecule has 11 heteroatoms. The number of benzene rings is 2. The summed E-state index contributed by atoms with van der Waals surface area (Å²) in [7, 11) is 0. The van der Waals surface area contributed by atoms with Crippen LogP contribution in [0.3, 0.4) is 0 Å². The minimum atomic E-state index is -6.45. The van der Waals surface area contributed by atoms with Crippen LogP contribution >= 0.6 is 43.6 Å². The number of hydrogen-bond acceptors (Lipinski definition) is 1. The molecule has 0 aromatic heterocycles. The lowest BCUT2D eigenvalue weighted by molar-refractivity contribution is -0.330. The first-order valence-corrected chi connectivity index (χ1v) is 8.85. The van der Waals surface area contributed by atoms with Crippen molar-refractivity contribution in [1.82, 2.24) is 0 Å². The van der Waals surface area contributed by atoms with Gasteiger partial charge in [-0.25, -0.2) is 4.39 Å². The van der Waals surface area contributed by atoms with Crippen molar-refractivity contribution in [1.29, 1.82) is 0 Å². The summed E-state index contributed by atoms with van der Waals surface area (Å²) in [6.45, 7) is 0. The molecule has 0 bridgehead atoms. The van der Waals surface area contributed by atoms with Crippen molar-refractivity contribution in [2.75, 3.05) is 0 Å². The highest BCUT2D eigenvalue weighted by Crippen LogP contribution is 2.55. The zero-order chi connectivity index (χ0) is 19.9. The molecule has 0 aliphatic rings. The predicted octanol–water partition coefficient (Wildman–Crippen LogP) is 7.70. The lowest BCUT2D eigenvalue weighted by Crippen LogP contribution is -2.49. The second-order valence-electron chi connectivity index (χ2n) is 4.87. The van der Waals surface area contributed by atoms with Gasteiger partial charge in [0, 0.05) is 25.5 Å². The highest BCUT2D eigenvalue weighted by atomic mass is 79.9. The molecule has 2 rings (SSSR count). The first-order valence-electron chi connectivity index (χ1n) is 6.45. The van der Waals surface area contributed by atoms with Crippen molar-refractivity contribution in [2.24, 2.45) is 0 Å². The molecule has 0 fully saturated rings. The fourth-order valence-electron chi connectivity index (χ4n) is 1.86. The fourth-order valence-corrected chi connectivity index (χ4v) is 4.51. The third kappa shape index (κ3) is 4.19. The Labute approximate surface area is 163 Å². The van der Waals surface area contributed by atoms with Crippen LogP contribution in [0.1, 0.15) is 0 Å². The summed E-state index contributed by atoms with van der Waals surface area (Å²) in [4.78, 5) is -0.623. The van der Waals surface area contributed by atoms with Gasteiger partial charge in [0.25, 0.3) is 0 Å². The van der Waals surface area contributed by atoms with Gasteiger partial charge in [0.1, 0.15) is 5.82 Å². The van der Waals surface area contributed by atoms with Crippen LogP contribution < -0.4 is 0 Å². The van der Waals surface area contributed by atoms with Gasteiger partial charge < -0.3 is 0 Å². The van der Waals surface area contributed by atoms with Crippen LogP contribution in [0.25, 0.3) is 11.1 Å². The molecule has 0 saturated carbocycles. The van der Waals surface area contributed by atoms with E-state index in [1.165, 1.54) is 12.1 Å². The van der Waals surface area contributed by atoms with Crippen LogP contribution in [0.15, 0.2) is 44.2 Å². The Morgan fingerprint density at radius 3 is 2.08 bits per heavy atom. The van der Waals surface area contributed by atoms with Gasteiger partial charge in [-0.3, -0.25) is 0 Å². The van der Waals surface area contributed by atoms with Gasteiger partial charge in [-0.2, -0.15) is 30.7 Å². The van der Waals surface area contributed by atoms with E-state index < -0.39 is 39.8 Å². The third-order valence-electron chi connectivity index (χ3n) is 3.03. The predicted molar refractivity (Wildman–Crippen MR) is 87.9 cm³/mol. The second kappa shape index (κ2) is 7.31. The monoisotopic (exact) mass is 527 g/mol. The number of halogens is 10. The maximum Gasteiger partial charge on any atom is 0.460 e. The molecule has 2 aromatic rings. The number of thioether (sulfide) groups is 1. The maximum absolute atomic E-state index is 13.8. The van der Waals surface area contributed by atoms with Crippen LogP contribution in [-0.2, 0) is 0 Å². The number of rotatable bonds is 4. The fraction of sp³-hybridized carbons (Fsp3) is 0.200. The van der Waals surface area contributed by atoms with E-state index in [4.69, 9.17) is 0 Å². The second-order valence-corrected chi connectivity index (χ2v) is 7.68. The molecular formula is C15H5Br2F8S. The normalized spacial score (nSPS) is 13.2. The molecule has 0 amide bonds. The number of alkyl halides is 7. The van der Waals surface area contributed by atoms with Gasteiger partial charge in [-0.05, 0) is 51.5 Å². The summed E-state index contributed by atoms with van der Waals surface area (Å²) < 4.78 is 104. The van der Waals surface area contributed by atoms with Crippen molar-refractivity contribution in [2.45, 2.75) is 22.2 Å². The Bertz CT molecular complexity index is 820. The molecule has 0 unspecified atom stereocenters. The standard InChI is InChI=1S/C15H5Br2F8S/c16-8-5-10(17)12(7-2-1-3-9(18)4-7)11(6-8)26-15(24,25)13(19,20)14(21,22)23/h1-4,6H. The molecule has 141 valence electrons. The van der Waals surface area contributed by atoms with E-state index in [1.807, 2.05) is 0 Å². The van der Waals surface area contributed by atoms with Gasteiger partial charge in [0.05, 0.1) is 0 Å². The zero-order valence-electron chi connectivity index (χ0n) is 12.1. The molecule has 0 saturated heterocycles. The molecular weight excluding hydrogens is 524 g/mol. The molecule has 26 heavy (non-hydrogen) atoms. The molecule has 0 heterocycles. The highest BCUT2D eigenvalue weighted by Gasteiger charge is 2.73. The van der Waals surface area contributed by atoms with E-state index in [0.717, 1.165) is 18.2 Å². The van der Waals surface area contributed by atoms with Crippen LogP contribution in [0.2, 0.25) is 0 Å². The van der Waals surface area contributed by atoms with E-state index in [1.54, 1.807) is 0 Å². The number of hydrogen-bond donors (Lipinski definition) is 0. The molecule has 0 N–H and O–H groups in total. The SMILES string of the molecule is Fc1cccc(-c2c(Br)[c]c(Br)cc2SC(F)(F)C(F)(F)C(F)(F)F)c1. The summed E-state index contributed by atoms with van der Waals surface area (Å²) in [5, 5.41) is -5.51. The maximum atomic E-state index is 13.8. The molecule has 0 aliphatic heterocycles. The van der Waals surface area contributed by atoms with Gasteiger partial charge in [0.2, 0.25) is 0 Å². The summed E-state index contributed by atoms with van der Waals surface area (Å²) in [6.07, 6.45) is -6.45. The van der Waals surface area contributed by atoms with E-state index in [-0.39, 0.29) is 20.1 Å². The van der Waals surface area contributed by atoms with E-state index in [2.05, 4.69) is 37.9 Å². The molecule has 2 aromatic carbocycles. The van der Waals surface area contributed by atoms with Gasteiger partial charge >= 0.3 is 17.4 Å². The van der Waals surface area contributed by atoms with E-state index in [9.17, 15) is 35.1 Å². The Kier molecular flexibility index (Phi) is 6.04. The summed E-state index contributed by atoms with van der Waals surface area (Å²) in [5.41, 5.74) is -0.204. The molecule has 0 nitrogen and oxygen atoms in total. The lowest BCUT2D eigenvalue weighted by Gasteiger charge is -2.28. The van der Waals surface area contributed by atoms with Crippen molar-refractivity contribution in [3.8, 4) is 11.1 Å². The molecule has 0 atom stereocenters. The lowest BCUT2D eigenvalue weighted by atomic mass is 10.1.